The smallest absolute Gasteiger partial charge is 0.412 e. The number of alkyl carbamates (subject to hydrolysis) is 1. The third-order valence-corrected chi connectivity index (χ3v) is 1.99. The molecule has 4 heteroatoms. The van der Waals surface area contributed by atoms with Gasteiger partial charge in [-0.25, -0.2) is 4.79 Å². The zero-order chi connectivity index (χ0) is 10.4. The number of amides is 1. The van der Waals surface area contributed by atoms with Crippen molar-refractivity contribution in [2.24, 2.45) is 0 Å². The summed E-state index contributed by atoms with van der Waals surface area (Å²) in [5.41, 5.74) is 1.99. The summed E-state index contributed by atoms with van der Waals surface area (Å²) in [7, 11) is 0. The first kappa shape index (κ1) is 12.1. The molecule has 1 amide bonds. The van der Waals surface area contributed by atoms with Crippen LogP contribution in [0.3, 0.4) is 0 Å². The Morgan fingerprint density at radius 1 is 1.38 bits per heavy atom. The van der Waals surface area contributed by atoms with E-state index in [1.807, 2.05) is 20.8 Å². The molecule has 0 bridgehead atoms. The van der Waals surface area contributed by atoms with Crippen LogP contribution in [0, 0.1) is 0 Å². The van der Waals surface area contributed by atoms with E-state index < -0.39 is 6.09 Å². The largest absolute Gasteiger partial charge is 0.450 e. The van der Waals surface area contributed by atoms with Crippen molar-refractivity contribution in [2.75, 3.05) is 6.61 Å². The highest BCUT2D eigenvalue weighted by Gasteiger charge is 2.06. The van der Waals surface area contributed by atoms with Crippen LogP contribution in [0.4, 0.5) is 4.79 Å². The maximum absolute atomic E-state index is 10.9. The number of hydrogen-bond donors (Lipinski definition) is 1. The van der Waals surface area contributed by atoms with E-state index in [9.17, 15) is 4.79 Å². The van der Waals surface area contributed by atoms with Crippen LogP contribution in [0.25, 0.3) is 0 Å². The van der Waals surface area contributed by atoms with E-state index in [2.05, 4.69) is 10.1 Å². The monoisotopic (exact) mass is 201 g/mol. The van der Waals surface area contributed by atoms with Gasteiger partial charge in [-0.15, -0.1) is 0 Å². The minimum Gasteiger partial charge on any atom is -0.450 e. The lowest BCUT2D eigenvalue weighted by Crippen LogP contribution is -2.30. The molecule has 3 nitrogen and oxygen atoms in total. The molecule has 0 aliphatic rings. The van der Waals surface area contributed by atoms with Gasteiger partial charge < -0.3 is 4.74 Å². The molecule has 0 aliphatic heterocycles. The lowest BCUT2D eigenvalue weighted by atomic mass is 10.2. The molecule has 13 heavy (non-hydrogen) atoms. The highest BCUT2D eigenvalue weighted by atomic mass is 32.1. The van der Waals surface area contributed by atoms with Gasteiger partial charge in [-0.1, -0.05) is 17.8 Å². The van der Waals surface area contributed by atoms with E-state index in [-0.39, 0.29) is 0 Å². The van der Waals surface area contributed by atoms with Crippen molar-refractivity contribution in [2.45, 2.75) is 27.7 Å². The van der Waals surface area contributed by atoms with Gasteiger partial charge in [-0.2, -0.15) is 0 Å². The van der Waals surface area contributed by atoms with Gasteiger partial charge in [0, 0.05) is 0 Å². The Labute approximate surface area is 84.2 Å². The van der Waals surface area contributed by atoms with E-state index in [1.54, 1.807) is 6.92 Å². The van der Waals surface area contributed by atoms with Crippen LogP contribution in [0.15, 0.2) is 11.1 Å². The van der Waals surface area contributed by atoms with Gasteiger partial charge in [-0.05, 0) is 33.3 Å². The second-order valence-electron chi connectivity index (χ2n) is 2.80. The minimum absolute atomic E-state index is 0.350. The van der Waals surface area contributed by atoms with Gasteiger partial charge in [0.05, 0.1) is 6.61 Å². The minimum atomic E-state index is -0.492. The molecule has 0 fully saturated rings. The topological polar surface area (TPSA) is 38.3 Å². The van der Waals surface area contributed by atoms with Gasteiger partial charge in [0.2, 0.25) is 0 Å². The Balaban J connectivity index is 4.17. The van der Waals surface area contributed by atoms with E-state index >= 15 is 0 Å². The molecule has 0 radical (unpaired) electrons. The van der Waals surface area contributed by atoms with Gasteiger partial charge in [-0.3, -0.25) is 5.32 Å². The molecule has 1 N–H and O–H groups in total. The van der Waals surface area contributed by atoms with E-state index in [0.717, 1.165) is 11.1 Å². The first-order chi connectivity index (χ1) is 5.99. The van der Waals surface area contributed by atoms with Crippen molar-refractivity contribution < 1.29 is 9.53 Å². The number of allylic oxidation sites excluding steroid dienone is 1. The van der Waals surface area contributed by atoms with Crippen LogP contribution >= 0.6 is 12.2 Å². The lowest BCUT2D eigenvalue weighted by molar-refractivity contribution is 0.158. The van der Waals surface area contributed by atoms with Crippen LogP contribution in [-0.4, -0.2) is 17.7 Å². The molecule has 0 spiro atoms. The summed E-state index contributed by atoms with van der Waals surface area (Å²) >= 11 is 4.97. The van der Waals surface area contributed by atoms with E-state index in [4.69, 9.17) is 12.2 Å². The SMILES string of the molecule is CCOC(=O)NC(=S)C(C)=C(C)C. The normalized spacial score (nSPS) is 8.92. The summed E-state index contributed by atoms with van der Waals surface area (Å²) in [6.07, 6.45) is -0.492. The van der Waals surface area contributed by atoms with E-state index in [1.165, 1.54) is 0 Å². The fourth-order valence-corrected chi connectivity index (χ4v) is 0.868. The molecule has 0 aromatic carbocycles. The maximum atomic E-state index is 10.9. The molecule has 0 heterocycles. The second kappa shape index (κ2) is 5.70. The molecule has 0 atom stereocenters. The van der Waals surface area contributed by atoms with Gasteiger partial charge >= 0.3 is 6.09 Å². The highest BCUT2D eigenvalue weighted by Crippen LogP contribution is 2.02. The molecule has 0 aromatic rings. The Morgan fingerprint density at radius 2 is 1.92 bits per heavy atom. The van der Waals surface area contributed by atoms with Crippen molar-refractivity contribution >= 4 is 23.3 Å². The zero-order valence-corrected chi connectivity index (χ0v) is 9.25. The first-order valence-corrected chi connectivity index (χ1v) is 4.52. The Bertz CT molecular complexity index is 242. The molecule has 74 valence electrons. The first-order valence-electron chi connectivity index (χ1n) is 4.11. The summed E-state index contributed by atoms with van der Waals surface area (Å²) in [6, 6.07) is 0. The molecule has 0 aromatic heterocycles. The van der Waals surface area contributed by atoms with Crippen molar-refractivity contribution in [1.29, 1.82) is 0 Å². The van der Waals surface area contributed by atoms with Crippen molar-refractivity contribution in [3.05, 3.63) is 11.1 Å². The van der Waals surface area contributed by atoms with Crippen molar-refractivity contribution in [3.63, 3.8) is 0 Å². The molecular formula is C9H15NO2S. The summed E-state index contributed by atoms with van der Waals surface area (Å²) < 4.78 is 4.68. The quantitative estimate of drug-likeness (QED) is 0.551. The van der Waals surface area contributed by atoms with Crippen LogP contribution in [0.2, 0.25) is 0 Å². The second-order valence-corrected chi connectivity index (χ2v) is 3.21. The third kappa shape index (κ3) is 4.62. The maximum Gasteiger partial charge on any atom is 0.412 e. The summed E-state index contributed by atoms with van der Waals surface area (Å²) in [4.78, 5) is 11.4. The Morgan fingerprint density at radius 3 is 2.31 bits per heavy atom. The lowest BCUT2D eigenvalue weighted by Gasteiger charge is -2.07. The molecular weight excluding hydrogens is 186 g/mol. The molecule has 0 saturated heterocycles. The van der Waals surface area contributed by atoms with E-state index in [0.29, 0.717) is 11.6 Å². The van der Waals surface area contributed by atoms with Crippen LogP contribution in [0.1, 0.15) is 27.7 Å². The molecule has 0 saturated carbocycles. The summed E-state index contributed by atoms with van der Waals surface area (Å²) in [5.74, 6) is 0. The van der Waals surface area contributed by atoms with Gasteiger partial charge in [0.15, 0.2) is 0 Å². The number of thiocarbonyl (C=S) groups is 1. The highest BCUT2D eigenvalue weighted by molar-refractivity contribution is 7.80. The number of carbonyl (C=O) groups is 1. The summed E-state index contributed by atoms with van der Waals surface area (Å²) in [6.45, 7) is 7.84. The van der Waals surface area contributed by atoms with Crippen LogP contribution in [-0.2, 0) is 4.74 Å². The fourth-order valence-electron chi connectivity index (χ4n) is 0.581. The number of ether oxygens (including phenoxy) is 1. The number of rotatable bonds is 2. The number of hydrogen-bond acceptors (Lipinski definition) is 3. The average Bonchev–Trinajstić information content (AvgIpc) is 2.03. The Kier molecular flexibility index (Phi) is 5.30. The zero-order valence-electron chi connectivity index (χ0n) is 8.43. The third-order valence-electron chi connectivity index (χ3n) is 1.58. The molecule has 0 rings (SSSR count). The number of carbonyl (C=O) groups excluding carboxylic acids is 1. The van der Waals surface area contributed by atoms with Gasteiger partial charge in [0.25, 0.3) is 0 Å². The summed E-state index contributed by atoms with van der Waals surface area (Å²) in [5, 5.41) is 2.47. The van der Waals surface area contributed by atoms with Crippen LogP contribution in [0.5, 0.6) is 0 Å². The standard InChI is InChI=1S/C9H15NO2S/c1-5-12-9(11)10-8(13)7(4)6(2)3/h5H2,1-4H3,(H,10,11,13). The van der Waals surface area contributed by atoms with Gasteiger partial charge in [0.1, 0.15) is 4.99 Å². The molecule has 0 unspecified atom stereocenters. The fraction of sp³-hybridized carbons (Fsp3) is 0.556. The predicted octanol–water partition coefficient (Wildman–Crippen LogP) is 2.42. The average molecular weight is 201 g/mol. The molecule has 0 aliphatic carbocycles. The predicted molar refractivity (Wildman–Crippen MR) is 56.8 cm³/mol. The van der Waals surface area contributed by atoms with Crippen LogP contribution < -0.4 is 5.32 Å². The van der Waals surface area contributed by atoms with Crippen molar-refractivity contribution in [1.82, 2.24) is 5.32 Å². The Hall–Kier alpha value is -0.900. The van der Waals surface area contributed by atoms with Crippen molar-refractivity contribution in [3.8, 4) is 0 Å². The number of nitrogens with one attached hydrogen (secondary N) is 1.